The standard InChI is InChI=1S/C21H17F3N4O/c1-28-11-10-18-19(28)26-13-27-20(18)29-17-8-6-16(7-9-17)25-12-14-2-4-15(5-3-14)21(22,23)24/h2-11,13,25H,12H2,1H3. The Hall–Kier alpha value is -3.55. The van der Waals surface area contributed by atoms with E-state index in [0.29, 0.717) is 18.2 Å². The van der Waals surface area contributed by atoms with Crippen LogP contribution in [0.2, 0.25) is 0 Å². The molecule has 4 aromatic rings. The van der Waals surface area contributed by atoms with Crippen molar-refractivity contribution in [3.05, 3.63) is 78.2 Å². The minimum Gasteiger partial charge on any atom is -0.438 e. The average Bonchev–Trinajstić information content (AvgIpc) is 3.09. The second-order valence-electron chi connectivity index (χ2n) is 6.52. The summed E-state index contributed by atoms with van der Waals surface area (Å²) in [7, 11) is 1.90. The second kappa shape index (κ2) is 7.46. The monoisotopic (exact) mass is 398 g/mol. The van der Waals surface area contributed by atoms with Crippen molar-refractivity contribution < 1.29 is 17.9 Å². The summed E-state index contributed by atoms with van der Waals surface area (Å²) >= 11 is 0. The van der Waals surface area contributed by atoms with Crippen LogP contribution < -0.4 is 10.1 Å². The molecule has 0 spiro atoms. The highest BCUT2D eigenvalue weighted by atomic mass is 19.4. The third-order valence-corrected chi connectivity index (χ3v) is 4.47. The molecule has 29 heavy (non-hydrogen) atoms. The van der Waals surface area contributed by atoms with Gasteiger partial charge in [0.05, 0.1) is 10.9 Å². The van der Waals surface area contributed by atoms with Crippen molar-refractivity contribution in [3.63, 3.8) is 0 Å². The first-order valence-electron chi connectivity index (χ1n) is 8.84. The molecule has 2 aromatic carbocycles. The van der Waals surface area contributed by atoms with Crippen molar-refractivity contribution in [2.75, 3.05) is 5.32 Å². The number of hydrogen-bond donors (Lipinski definition) is 1. The zero-order valence-corrected chi connectivity index (χ0v) is 15.4. The van der Waals surface area contributed by atoms with E-state index in [1.807, 2.05) is 36.0 Å². The van der Waals surface area contributed by atoms with Crippen LogP contribution in [-0.4, -0.2) is 14.5 Å². The number of nitrogens with one attached hydrogen (secondary N) is 1. The molecule has 4 rings (SSSR count). The Morgan fingerprint density at radius 3 is 2.38 bits per heavy atom. The number of benzene rings is 2. The van der Waals surface area contributed by atoms with Gasteiger partial charge in [0.15, 0.2) is 0 Å². The molecule has 0 aliphatic rings. The summed E-state index contributed by atoms with van der Waals surface area (Å²) in [6.07, 6.45) is -0.977. The van der Waals surface area contributed by atoms with Gasteiger partial charge >= 0.3 is 6.18 Å². The fraction of sp³-hybridized carbons (Fsp3) is 0.143. The molecule has 0 unspecified atom stereocenters. The summed E-state index contributed by atoms with van der Waals surface area (Å²) in [5, 5.41) is 4.00. The summed E-state index contributed by atoms with van der Waals surface area (Å²) in [6, 6.07) is 14.3. The maximum Gasteiger partial charge on any atom is 0.416 e. The molecule has 0 radical (unpaired) electrons. The molecule has 148 valence electrons. The lowest BCUT2D eigenvalue weighted by Crippen LogP contribution is -2.05. The lowest BCUT2D eigenvalue weighted by Gasteiger charge is -2.10. The van der Waals surface area contributed by atoms with Crippen molar-refractivity contribution in [3.8, 4) is 11.6 Å². The van der Waals surface area contributed by atoms with Crippen molar-refractivity contribution in [1.82, 2.24) is 14.5 Å². The molecule has 0 fully saturated rings. The molecular formula is C21H17F3N4O. The number of aryl methyl sites for hydroxylation is 1. The fourth-order valence-electron chi connectivity index (χ4n) is 2.90. The Kier molecular flexibility index (Phi) is 4.84. The second-order valence-corrected chi connectivity index (χ2v) is 6.52. The molecule has 0 amide bonds. The van der Waals surface area contributed by atoms with E-state index in [1.165, 1.54) is 18.5 Å². The molecule has 8 heteroatoms. The molecule has 0 saturated heterocycles. The summed E-state index contributed by atoms with van der Waals surface area (Å²) in [5.74, 6) is 1.09. The normalized spacial score (nSPS) is 11.6. The number of nitrogens with zero attached hydrogens (tertiary/aromatic N) is 3. The van der Waals surface area contributed by atoms with Crippen LogP contribution in [-0.2, 0) is 19.8 Å². The minimum absolute atomic E-state index is 0.412. The van der Waals surface area contributed by atoms with E-state index < -0.39 is 11.7 Å². The number of alkyl halides is 3. The lowest BCUT2D eigenvalue weighted by atomic mass is 10.1. The van der Waals surface area contributed by atoms with E-state index in [1.54, 1.807) is 12.1 Å². The highest BCUT2D eigenvalue weighted by molar-refractivity contribution is 5.81. The minimum atomic E-state index is -4.32. The molecule has 5 nitrogen and oxygen atoms in total. The highest BCUT2D eigenvalue weighted by Crippen LogP contribution is 2.30. The third kappa shape index (κ3) is 4.16. The van der Waals surface area contributed by atoms with Gasteiger partial charge in [0.25, 0.3) is 0 Å². The highest BCUT2D eigenvalue weighted by Gasteiger charge is 2.29. The van der Waals surface area contributed by atoms with Gasteiger partial charge in [0.2, 0.25) is 5.88 Å². The van der Waals surface area contributed by atoms with Crippen molar-refractivity contribution in [2.24, 2.45) is 7.05 Å². The van der Waals surface area contributed by atoms with Crippen molar-refractivity contribution >= 4 is 16.7 Å². The van der Waals surface area contributed by atoms with Gasteiger partial charge in [-0.25, -0.2) is 9.97 Å². The fourth-order valence-corrected chi connectivity index (χ4v) is 2.90. The van der Waals surface area contributed by atoms with E-state index in [4.69, 9.17) is 4.74 Å². The van der Waals surface area contributed by atoms with Gasteiger partial charge in [0, 0.05) is 25.5 Å². The van der Waals surface area contributed by atoms with E-state index in [0.717, 1.165) is 34.4 Å². The lowest BCUT2D eigenvalue weighted by molar-refractivity contribution is -0.137. The van der Waals surface area contributed by atoms with Gasteiger partial charge in [-0.05, 0) is 48.0 Å². The van der Waals surface area contributed by atoms with Gasteiger partial charge in [-0.3, -0.25) is 0 Å². The maximum absolute atomic E-state index is 12.6. The van der Waals surface area contributed by atoms with Crippen LogP contribution in [0.4, 0.5) is 18.9 Å². The Labute approximate surface area is 164 Å². The molecular weight excluding hydrogens is 381 g/mol. The van der Waals surface area contributed by atoms with Crippen LogP contribution in [0, 0.1) is 0 Å². The number of ether oxygens (including phenoxy) is 1. The van der Waals surface area contributed by atoms with E-state index >= 15 is 0 Å². The molecule has 0 aliphatic heterocycles. The third-order valence-electron chi connectivity index (χ3n) is 4.47. The average molecular weight is 398 g/mol. The molecule has 0 saturated carbocycles. The Morgan fingerprint density at radius 2 is 1.69 bits per heavy atom. The van der Waals surface area contributed by atoms with Gasteiger partial charge in [-0.15, -0.1) is 0 Å². The zero-order chi connectivity index (χ0) is 20.4. The summed E-state index contributed by atoms with van der Waals surface area (Å²) in [5.41, 5.74) is 1.71. The first-order chi connectivity index (χ1) is 13.9. The molecule has 0 bridgehead atoms. The van der Waals surface area contributed by atoms with Crippen LogP contribution in [0.15, 0.2) is 67.1 Å². The van der Waals surface area contributed by atoms with Gasteiger partial charge < -0.3 is 14.6 Å². The summed E-state index contributed by atoms with van der Waals surface area (Å²) < 4.78 is 45.6. The summed E-state index contributed by atoms with van der Waals surface area (Å²) in [6.45, 7) is 0.412. The number of hydrogen-bond acceptors (Lipinski definition) is 4. The first-order valence-corrected chi connectivity index (χ1v) is 8.84. The first kappa shape index (κ1) is 18.8. The molecule has 0 atom stereocenters. The summed E-state index contributed by atoms with van der Waals surface area (Å²) in [4.78, 5) is 8.42. The molecule has 2 heterocycles. The van der Waals surface area contributed by atoms with Crippen LogP contribution in [0.3, 0.4) is 0 Å². The predicted octanol–water partition coefficient (Wildman–Crippen LogP) is 5.39. The SMILES string of the molecule is Cn1ccc2c(Oc3ccc(NCc4ccc(C(F)(F)F)cc4)cc3)ncnc21. The Balaban J connectivity index is 1.40. The van der Waals surface area contributed by atoms with Crippen LogP contribution in [0.5, 0.6) is 11.6 Å². The smallest absolute Gasteiger partial charge is 0.416 e. The number of anilines is 1. The van der Waals surface area contributed by atoms with Crippen LogP contribution in [0.1, 0.15) is 11.1 Å². The topological polar surface area (TPSA) is 52.0 Å². The van der Waals surface area contributed by atoms with E-state index in [9.17, 15) is 13.2 Å². The number of rotatable bonds is 5. The van der Waals surface area contributed by atoms with Gasteiger partial charge in [0.1, 0.15) is 17.7 Å². The molecule has 1 N–H and O–H groups in total. The zero-order valence-electron chi connectivity index (χ0n) is 15.4. The van der Waals surface area contributed by atoms with Gasteiger partial charge in [-0.1, -0.05) is 12.1 Å². The van der Waals surface area contributed by atoms with Gasteiger partial charge in [-0.2, -0.15) is 13.2 Å². The molecule has 0 aliphatic carbocycles. The number of halogens is 3. The van der Waals surface area contributed by atoms with E-state index in [-0.39, 0.29) is 0 Å². The van der Waals surface area contributed by atoms with Crippen LogP contribution >= 0.6 is 0 Å². The Morgan fingerprint density at radius 1 is 0.966 bits per heavy atom. The Bertz CT molecular complexity index is 1120. The van der Waals surface area contributed by atoms with Crippen LogP contribution in [0.25, 0.3) is 11.0 Å². The quantitative estimate of drug-likeness (QED) is 0.490. The van der Waals surface area contributed by atoms with E-state index in [2.05, 4.69) is 15.3 Å². The molecule has 2 aromatic heterocycles. The van der Waals surface area contributed by atoms with Crippen molar-refractivity contribution in [2.45, 2.75) is 12.7 Å². The van der Waals surface area contributed by atoms with Crippen molar-refractivity contribution in [1.29, 1.82) is 0 Å². The predicted molar refractivity (Wildman–Crippen MR) is 104 cm³/mol. The maximum atomic E-state index is 12.6. The largest absolute Gasteiger partial charge is 0.438 e. The number of fused-ring (bicyclic) bond motifs is 1. The number of aromatic nitrogens is 3.